The van der Waals surface area contributed by atoms with Crippen LogP contribution in [0, 0.1) is 5.92 Å². The normalized spacial score (nSPS) is 15.2. The van der Waals surface area contributed by atoms with Crippen LogP contribution < -0.4 is 10.6 Å². The number of carbonyl (C=O) groups is 1. The van der Waals surface area contributed by atoms with Crippen molar-refractivity contribution in [3.8, 4) is 0 Å². The number of rotatable bonds is 5. The van der Waals surface area contributed by atoms with Crippen molar-refractivity contribution in [3.05, 3.63) is 28.8 Å². The molecule has 2 rings (SSSR count). The van der Waals surface area contributed by atoms with Crippen LogP contribution >= 0.6 is 11.6 Å². The Morgan fingerprint density at radius 2 is 2.05 bits per heavy atom. The molecule has 20 heavy (non-hydrogen) atoms. The van der Waals surface area contributed by atoms with Crippen LogP contribution in [0.1, 0.15) is 18.4 Å². The second-order valence-electron chi connectivity index (χ2n) is 4.81. The van der Waals surface area contributed by atoms with Gasteiger partial charge in [-0.05, 0) is 43.5 Å². The van der Waals surface area contributed by atoms with E-state index in [0.29, 0.717) is 5.92 Å². The summed E-state index contributed by atoms with van der Waals surface area (Å²) in [6.07, 6.45) is -2.27. The molecule has 0 bridgehead atoms. The molecule has 0 spiro atoms. The summed E-state index contributed by atoms with van der Waals surface area (Å²) in [5.41, 5.74) is -1.22. The molecule has 0 atom stereocenters. The highest BCUT2D eigenvalue weighted by Gasteiger charge is 2.34. The molecule has 1 aromatic carbocycles. The molecule has 3 nitrogen and oxygen atoms in total. The van der Waals surface area contributed by atoms with Gasteiger partial charge in [0.05, 0.1) is 17.8 Å². The molecular weight excluding hydrogens is 293 g/mol. The third kappa shape index (κ3) is 4.38. The molecule has 110 valence electrons. The zero-order chi connectivity index (χ0) is 14.8. The van der Waals surface area contributed by atoms with Crippen LogP contribution in [0.4, 0.5) is 18.9 Å². The van der Waals surface area contributed by atoms with Crippen LogP contribution in [0.15, 0.2) is 18.2 Å². The Bertz CT molecular complexity index is 501. The van der Waals surface area contributed by atoms with Gasteiger partial charge in [0.15, 0.2) is 0 Å². The van der Waals surface area contributed by atoms with E-state index in [1.54, 1.807) is 0 Å². The number of benzene rings is 1. The molecule has 0 aromatic heterocycles. The smallest absolute Gasteiger partial charge is 0.324 e. The van der Waals surface area contributed by atoms with Gasteiger partial charge in [0.2, 0.25) is 5.91 Å². The highest BCUT2D eigenvalue weighted by molar-refractivity contribution is 6.30. The Labute approximate surface area is 119 Å². The van der Waals surface area contributed by atoms with Gasteiger partial charge in [0, 0.05) is 5.02 Å². The predicted octanol–water partition coefficient (Wildman–Crippen LogP) is 3.30. The summed E-state index contributed by atoms with van der Waals surface area (Å²) in [6, 6.07) is 3.27. The lowest BCUT2D eigenvalue weighted by Gasteiger charge is -2.14. The van der Waals surface area contributed by atoms with Crippen molar-refractivity contribution in [1.29, 1.82) is 0 Å². The number of alkyl halides is 3. The molecule has 1 aliphatic carbocycles. The van der Waals surface area contributed by atoms with E-state index in [-0.39, 0.29) is 17.3 Å². The van der Waals surface area contributed by atoms with Crippen molar-refractivity contribution in [2.75, 3.05) is 18.4 Å². The second kappa shape index (κ2) is 6.01. The largest absolute Gasteiger partial charge is 0.418 e. The number of hydrogen-bond acceptors (Lipinski definition) is 2. The maximum Gasteiger partial charge on any atom is 0.418 e. The number of carbonyl (C=O) groups excluding carboxylic acids is 1. The van der Waals surface area contributed by atoms with E-state index >= 15 is 0 Å². The fourth-order valence-electron chi connectivity index (χ4n) is 1.77. The monoisotopic (exact) mass is 306 g/mol. The molecule has 7 heteroatoms. The van der Waals surface area contributed by atoms with Gasteiger partial charge in [0.25, 0.3) is 0 Å². The molecule has 1 aliphatic rings. The van der Waals surface area contributed by atoms with Gasteiger partial charge in [-0.15, -0.1) is 0 Å². The number of hydrogen-bond donors (Lipinski definition) is 2. The van der Waals surface area contributed by atoms with Crippen molar-refractivity contribution in [1.82, 2.24) is 5.32 Å². The van der Waals surface area contributed by atoms with E-state index in [2.05, 4.69) is 10.6 Å². The number of nitrogens with one attached hydrogen (secondary N) is 2. The zero-order valence-electron chi connectivity index (χ0n) is 10.6. The first-order chi connectivity index (χ1) is 9.36. The number of anilines is 1. The predicted molar refractivity (Wildman–Crippen MR) is 70.7 cm³/mol. The topological polar surface area (TPSA) is 41.1 Å². The number of amides is 1. The fourth-order valence-corrected chi connectivity index (χ4v) is 1.94. The standard InChI is InChI=1S/C13H14ClF3N2O/c14-9-3-4-11(10(5-9)13(15,16)17)19-12(20)7-18-6-8-1-2-8/h3-5,8,18H,1-2,6-7H2,(H,19,20). The molecule has 0 heterocycles. The minimum atomic E-state index is -4.56. The highest BCUT2D eigenvalue weighted by atomic mass is 35.5. The Hall–Kier alpha value is -1.27. The molecule has 1 amide bonds. The summed E-state index contributed by atoms with van der Waals surface area (Å²) < 4.78 is 38.5. The molecule has 0 unspecified atom stereocenters. The Morgan fingerprint density at radius 3 is 2.65 bits per heavy atom. The van der Waals surface area contributed by atoms with E-state index in [1.807, 2.05) is 0 Å². The lowest BCUT2D eigenvalue weighted by atomic mass is 10.1. The maximum absolute atomic E-state index is 12.8. The molecule has 0 saturated heterocycles. The summed E-state index contributed by atoms with van der Waals surface area (Å²) >= 11 is 5.56. The minimum absolute atomic E-state index is 0.00355. The van der Waals surface area contributed by atoms with Crippen LogP contribution in [0.3, 0.4) is 0 Å². The van der Waals surface area contributed by atoms with E-state index < -0.39 is 17.6 Å². The first-order valence-corrected chi connectivity index (χ1v) is 6.61. The van der Waals surface area contributed by atoms with Gasteiger partial charge < -0.3 is 10.6 Å². The molecular formula is C13H14ClF3N2O. The van der Waals surface area contributed by atoms with Gasteiger partial charge >= 0.3 is 6.18 Å². The van der Waals surface area contributed by atoms with Gasteiger partial charge in [0.1, 0.15) is 0 Å². The van der Waals surface area contributed by atoms with Crippen molar-refractivity contribution in [2.24, 2.45) is 5.92 Å². The summed E-state index contributed by atoms with van der Waals surface area (Å²) in [5, 5.41) is 5.15. The van der Waals surface area contributed by atoms with E-state index in [1.165, 1.54) is 6.07 Å². The molecule has 0 aliphatic heterocycles. The lowest BCUT2D eigenvalue weighted by molar-refractivity contribution is -0.137. The fraction of sp³-hybridized carbons (Fsp3) is 0.462. The summed E-state index contributed by atoms with van der Waals surface area (Å²) in [5.74, 6) is 0.0996. The van der Waals surface area contributed by atoms with E-state index in [0.717, 1.165) is 31.5 Å². The SMILES string of the molecule is O=C(CNCC1CC1)Nc1ccc(Cl)cc1C(F)(F)F. The molecule has 1 aromatic rings. The average Bonchev–Trinajstić information content (AvgIpc) is 3.14. The van der Waals surface area contributed by atoms with Gasteiger partial charge in [-0.1, -0.05) is 11.6 Å². The number of halogens is 4. The third-order valence-electron chi connectivity index (χ3n) is 2.98. The third-order valence-corrected chi connectivity index (χ3v) is 3.21. The van der Waals surface area contributed by atoms with Crippen molar-refractivity contribution < 1.29 is 18.0 Å². The van der Waals surface area contributed by atoms with Crippen LogP contribution in [0.25, 0.3) is 0 Å². The summed E-state index contributed by atoms with van der Waals surface area (Å²) in [6.45, 7) is 0.719. The molecule has 0 radical (unpaired) electrons. The van der Waals surface area contributed by atoms with Gasteiger partial charge in [-0.25, -0.2) is 0 Å². The van der Waals surface area contributed by atoms with Crippen LogP contribution in [-0.4, -0.2) is 19.0 Å². The highest BCUT2D eigenvalue weighted by Crippen LogP contribution is 2.36. The maximum atomic E-state index is 12.8. The van der Waals surface area contributed by atoms with E-state index in [9.17, 15) is 18.0 Å². The lowest BCUT2D eigenvalue weighted by Crippen LogP contribution is -2.30. The van der Waals surface area contributed by atoms with Gasteiger partial charge in [-0.2, -0.15) is 13.2 Å². The molecule has 1 fully saturated rings. The second-order valence-corrected chi connectivity index (χ2v) is 5.25. The van der Waals surface area contributed by atoms with Crippen molar-refractivity contribution in [2.45, 2.75) is 19.0 Å². The minimum Gasteiger partial charge on any atom is -0.324 e. The average molecular weight is 307 g/mol. The quantitative estimate of drug-likeness (QED) is 0.876. The van der Waals surface area contributed by atoms with Crippen LogP contribution in [0.5, 0.6) is 0 Å². The Balaban J connectivity index is 1.98. The summed E-state index contributed by atoms with van der Waals surface area (Å²) in [7, 11) is 0. The first kappa shape index (κ1) is 15.1. The van der Waals surface area contributed by atoms with Gasteiger partial charge in [-0.3, -0.25) is 4.79 Å². The molecule has 2 N–H and O–H groups in total. The molecule has 1 saturated carbocycles. The van der Waals surface area contributed by atoms with Crippen LogP contribution in [0.2, 0.25) is 5.02 Å². The Morgan fingerprint density at radius 1 is 1.35 bits per heavy atom. The zero-order valence-corrected chi connectivity index (χ0v) is 11.3. The van der Waals surface area contributed by atoms with Crippen molar-refractivity contribution >= 4 is 23.2 Å². The summed E-state index contributed by atoms with van der Waals surface area (Å²) in [4.78, 5) is 11.6. The van der Waals surface area contributed by atoms with Crippen LogP contribution in [-0.2, 0) is 11.0 Å². The van der Waals surface area contributed by atoms with E-state index in [4.69, 9.17) is 11.6 Å². The Kier molecular flexibility index (Phi) is 4.55. The first-order valence-electron chi connectivity index (χ1n) is 6.23. The van der Waals surface area contributed by atoms with Crippen molar-refractivity contribution in [3.63, 3.8) is 0 Å².